The molecule has 0 aliphatic carbocycles. The molecule has 1 unspecified atom stereocenters. The van der Waals surface area contributed by atoms with Crippen molar-refractivity contribution in [1.82, 2.24) is 35.7 Å². The van der Waals surface area contributed by atoms with E-state index in [9.17, 15) is 4.79 Å². The van der Waals surface area contributed by atoms with Crippen molar-refractivity contribution in [3.63, 3.8) is 0 Å². The van der Waals surface area contributed by atoms with Crippen LogP contribution in [-0.2, 0) is 6.42 Å². The number of nitrogens with zero attached hydrogens (tertiary/aromatic N) is 6. The van der Waals surface area contributed by atoms with Gasteiger partial charge < -0.3 is 14.6 Å². The summed E-state index contributed by atoms with van der Waals surface area (Å²) < 4.78 is 12.6. The molecule has 0 aliphatic heterocycles. The molecule has 1 amide bonds. The molecule has 0 radical (unpaired) electrons. The van der Waals surface area contributed by atoms with E-state index in [-0.39, 0.29) is 5.89 Å². The van der Waals surface area contributed by atoms with Crippen LogP contribution in [0.1, 0.15) is 37.2 Å². The van der Waals surface area contributed by atoms with Crippen LogP contribution >= 0.6 is 11.6 Å². The Labute approximate surface area is 223 Å². The lowest BCUT2D eigenvalue weighted by Gasteiger charge is -2.13. The summed E-state index contributed by atoms with van der Waals surface area (Å²) in [7, 11) is 0. The molecule has 0 fully saturated rings. The minimum atomic E-state index is -0.686. The largest absolute Gasteiger partial charge is 0.413 e. The molecule has 0 saturated carbocycles. The number of nitrogens with one attached hydrogen (secondary N) is 1. The van der Waals surface area contributed by atoms with E-state index in [2.05, 4.69) is 31.0 Å². The number of tetrazole rings is 1. The van der Waals surface area contributed by atoms with Crippen molar-refractivity contribution in [3.8, 4) is 34.0 Å². The molecule has 3 aromatic carbocycles. The number of hydrogen-bond acceptors (Lipinski definition) is 8. The van der Waals surface area contributed by atoms with Crippen LogP contribution in [0.3, 0.4) is 0 Å². The zero-order valence-electron chi connectivity index (χ0n) is 20.9. The minimum Gasteiger partial charge on any atom is -0.410 e. The Bertz CT molecular complexity index is 1580. The summed E-state index contributed by atoms with van der Waals surface area (Å²) in [5.41, 5.74) is 4.25. The number of aryl methyl sites for hydroxylation is 2. The Hall–Kier alpha value is -4.57. The highest BCUT2D eigenvalue weighted by atomic mass is 35.5. The van der Waals surface area contributed by atoms with Crippen LogP contribution in [0.25, 0.3) is 28.2 Å². The second kappa shape index (κ2) is 10.8. The van der Waals surface area contributed by atoms with E-state index in [1.807, 2.05) is 56.3 Å². The number of hydrogen-bond donors (Lipinski definition) is 1. The van der Waals surface area contributed by atoms with Crippen LogP contribution in [0.4, 0.5) is 4.79 Å². The molecular weight excluding hydrogens is 506 g/mol. The first-order chi connectivity index (χ1) is 18.4. The van der Waals surface area contributed by atoms with Crippen LogP contribution in [0, 0.1) is 6.92 Å². The van der Waals surface area contributed by atoms with Gasteiger partial charge in [-0.3, -0.25) is 0 Å². The predicted molar refractivity (Wildman–Crippen MR) is 141 cm³/mol. The maximum absolute atomic E-state index is 12.8. The van der Waals surface area contributed by atoms with Crippen molar-refractivity contribution in [2.45, 2.75) is 33.2 Å². The van der Waals surface area contributed by atoms with Gasteiger partial charge >= 0.3 is 6.09 Å². The van der Waals surface area contributed by atoms with Gasteiger partial charge in [-0.05, 0) is 59.7 Å². The molecule has 38 heavy (non-hydrogen) atoms. The summed E-state index contributed by atoms with van der Waals surface area (Å²) in [6.07, 6.45) is -0.0505. The van der Waals surface area contributed by atoms with Crippen molar-refractivity contribution in [3.05, 3.63) is 89.0 Å². The van der Waals surface area contributed by atoms with E-state index in [0.717, 1.165) is 16.7 Å². The van der Waals surface area contributed by atoms with Crippen LogP contribution in [0.5, 0.6) is 5.75 Å². The monoisotopic (exact) mass is 529 g/mol. The first kappa shape index (κ1) is 25.1. The van der Waals surface area contributed by atoms with E-state index in [1.54, 1.807) is 35.9 Å². The molecular formula is C27H24ClN7O3. The lowest BCUT2D eigenvalue weighted by atomic mass is 10.0. The lowest BCUT2D eigenvalue weighted by molar-refractivity contribution is 0.193. The molecule has 0 bridgehead atoms. The standard InChI is InChI=1S/C27H24ClN7O3/c1-4-24-31-33-34-35(24)20-13-19(18-11-9-16(2)10-12-18)14-21(15-20)37-27(36)29-17(3)26-30-25(32-38-26)22-7-5-6-8-23(22)28/h5-15,17H,4H2,1-3H3,(H,29,36). The Morgan fingerprint density at radius 3 is 2.66 bits per heavy atom. The van der Waals surface area contributed by atoms with Crippen molar-refractivity contribution in [2.75, 3.05) is 0 Å². The first-order valence-corrected chi connectivity index (χ1v) is 12.4. The maximum atomic E-state index is 12.8. The molecule has 2 heterocycles. The minimum absolute atomic E-state index is 0.215. The number of aromatic nitrogens is 6. The third-order valence-corrected chi connectivity index (χ3v) is 6.17. The number of rotatable bonds is 7. The van der Waals surface area contributed by atoms with E-state index in [4.69, 9.17) is 20.9 Å². The third-order valence-electron chi connectivity index (χ3n) is 5.84. The first-order valence-electron chi connectivity index (χ1n) is 12.0. The van der Waals surface area contributed by atoms with E-state index >= 15 is 0 Å². The molecule has 2 aromatic heterocycles. The van der Waals surface area contributed by atoms with Gasteiger partial charge in [0.2, 0.25) is 11.7 Å². The Kier molecular flexibility index (Phi) is 7.14. The molecule has 0 spiro atoms. The summed E-state index contributed by atoms with van der Waals surface area (Å²) >= 11 is 6.23. The van der Waals surface area contributed by atoms with Gasteiger partial charge in [0, 0.05) is 18.1 Å². The van der Waals surface area contributed by atoms with Crippen molar-refractivity contribution >= 4 is 17.7 Å². The molecule has 192 valence electrons. The van der Waals surface area contributed by atoms with E-state index in [1.165, 1.54) is 0 Å². The maximum Gasteiger partial charge on any atom is 0.413 e. The summed E-state index contributed by atoms with van der Waals surface area (Å²) in [5.74, 6) is 1.55. The molecule has 0 aliphatic rings. The fourth-order valence-corrected chi connectivity index (χ4v) is 4.06. The van der Waals surface area contributed by atoms with Crippen LogP contribution in [-0.4, -0.2) is 36.4 Å². The molecule has 1 atom stereocenters. The van der Waals surface area contributed by atoms with E-state index < -0.39 is 12.1 Å². The van der Waals surface area contributed by atoms with Crippen molar-refractivity contribution in [1.29, 1.82) is 0 Å². The highest BCUT2D eigenvalue weighted by Gasteiger charge is 2.20. The fraction of sp³-hybridized carbons (Fsp3) is 0.185. The van der Waals surface area contributed by atoms with Gasteiger partial charge in [0.1, 0.15) is 11.8 Å². The van der Waals surface area contributed by atoms with Crippen LogP contribution in [0.15, 0.2) is 71.3 Å². The fourth-order valence-electron chi connectivity index (χ4n) is 3.84. The smallest absolute Gasteiger partial charge is 0.410 e. The van der Waals surface area contributed by atoms with E-state index in [0.29, 0.717) is 40.1 Å². The quantitative estimate of drug-likeness (QED) is 0.283. The van der Waals surface area contributed by atoms with Gasteiger partial charge in [0.25, 0.3) is 0 Å². The van der Waals surface area contributed by atoms with Crippen molar-refractivity contribution in [2.24, 2.45) is 0 Å². The zero-order chi connectivity index (χ0) is 26.6. The predicted octanol–water partition coefficient (Wildman–Crippen LogP) is 5.75. The number of carbonyl (C=O) groups excluding carboxylic acids is 1. The van der Waals surface area contributed by atoms with Gasteiger partial charge in [0.15, 0.2) is 5.82 Å². The third kappa shape index (κ3) is 5.40. The van der Waals surface area contributed by atoms with Crippen molar-refractivity contribution < 1.29 is 14.1 Å². The van der Waals surface area contributed by atoms with Crippen LogP contribution in [0.2, 0.25) is 5.02 Å². The lowest BCUT2D eigenvalue weighted by Crippen LogP contribution is -2.29. The molecule has 1 N–H and O–H groups in total. The topological polar surface area (TPSA) is 121 Å². The highest BCUT2D eigenvalue weighted by Crippen LogP contribution is 2.29. The number of benzene rings is 3. The molecule has 10 nitrogen and oxygen atoms in total. The number of carbonyl (C=O) groups is 1. The average Bonchev–Trinajstić information content (AvgIpc) is 3.59. The zero-order valence-corrected chi connectivity index (χ0v) is 21.7. The molecule has 5 rings (SSSR count). The SMILES string of the molecule is CCc1nnnn1-c1cc(OC(=O)NC(C)c2nc(-c3ccccc3Cl)no2)cc(-c2ccc(C)cc2)c1. The molecule has 0 saturated heterocycles. The summed E-state index contributed by atoms with van der Waals surface area (Å²) in [4.78, 5) is 17.2. The van der Waals surface area contributed by atoms with Gasteiger partial charge in [-0.15, -0.1) is 5.10 Å². The van der Waals surface area contributed by atoms with Gasteiger partial charge in [-0.2, -0.15) is 9.67 Å². The summed E-state index contributed by atoms with van der Waals surface area (Å²) in [6.45, 7) is 5.70. The normalized spacial score (nSPS) is 11.8. The van der Waals surface area contributed by atoms with Crippen LogP contribution < -0.4 is 10.1 Å². The highest BCUT2D eigenvalue weighted by molar-refractivity contribution is 6.33. The molecule has 5 aromatic rings. The van der Waals surface area contributed by atoms with Gasteiger partial charge in [-0.1, -0.05) is 65.6 Å². The molecule has 11 heteroatoms. The number of halogens is 1. The summed E-state index contributed by atoms with van der Waals surface area (Å²) in [5, 5.41) is 19.2. The van der Waals surface area contributed by atoms with Gasteiger partial charge in [0.05, 0.1) is 10.7 Å². The summed E-state index contributed by atoms with van der Waals surface area (Å²) in [6, 6.07) is 20.1. The van der Waals surface area contributed by atoms with Gasteiger partial charge in [-0.25, -0.2) is 4.79 Å². The number of amides is 1. The second-order valence-corrected chi connectivity index (χ2v) is 9.04. The Morgan fingerprint density at radius 1 is 1.11 bits per heavy atom. The Morgan fingerprint density at radius 2 is 1.89 bits per heavy atom. The average molecular weight is 530 g/mol. The Balaban J connectivity index is 1.38. The number of ether oxygens (including phenoxy) is 1. The second-order valence-electron chi connectivity index (χ2n) is 8.63.